The first kappa shape index (κ1) is 16.1. The molecule has 0 radical (unpaired) electrons. The lowest BCUT2D eigenvalue weighted by Gasteiger charge is -2.03. The molecule has 2 N–H and O–H groups in total. The zero-order valence-electron chi connectivity index (χ0n) is 12.9. The van der Waals surface area contributed by atoms with Gasteiger partial charge in [-0.15, -0.1) is 0 Å². The Morgan fingerprint density at radius 1 is 1.12 bits per heavy atom. The lowest BCUT2D eigenvalue weighted by Crippen LogP contribution is -2.10. The number of hydrogen-bond acceptors (Lipinski definition) is 6. The van der Waals surface area contributed by atoms with Crippen LogP contribution in [0.3, 0.4) is 0 Å². The number of rotatable bonds is 5. The average Bonchev–Trinajstić information content (AvgIpc) is 2.62. The summed E-state index contributed by atoms with van der Waals surface area (Å²) in [6.07, 6.45) is 1.47. The van der Waals surface area contributed by atoms with Gasteiger partial charge >= 0.3 is 0 Å². The van der Waals surface area contributed by atoms with Crippen LogP contribution in [0.5, 0.6) is 0 Å². The Kier molecular flexibility index (Phi) is 4.61. The summed E-state index contributed by atoms with van der Waals surface area (Å²) in [4.78, 5) is 28.8. The first-order valence-electron chi connectivity index (χ1n) is 7.32. The van der Waals surface area contributed by atoms with Crippen molar-refractivity contribution in [2.45, 2.75) is 0 Å². The fourth-order valence-corrected chi connectivity index (χ4v) is 2.12. The summed E-state index contributed by atoms with van der Waals surface area (Å²) < 4.78 is 0. The predicted molar refractivity (Wildman–Crippen MR) is 94.6 cm³/mol. The molecule has 3 rings (SSSR count). The number of nitro groups is 1. The summed E-state index contributed by atoms with van der Waals surface area (Å²) in [5.41, 5.74) is 4.36. The van der Waals surface area contributed by atoms with Crippen LogP contribution in [0.2, 0.25) is 0 Å². The minimum atomic E-state index is -0.469. The van der Waals surface area contributed by atoms with Gasteiger partial charge in [-0.05, 0) is 17.7 Å². The number of nitrogens with one attached hydrogen (secondary N) is 2. The Morgan fingerprint density at radius 3 is 2.52 bits per heavy atom. The molecular weight excluding hydrogens is 322 g/mol. The van der Waals surface area contributed by atoms with Crippen molar-refractivity contribution in [3.8, 4) is 11.3 Å². The zero-order chi connectivity index (χ0) is 17.6. The molecule has 0 saturated heterocycles. The number of anilines is 1. The predicted octanol–water partition coefficient (Wildman–Crippen LogP) is 2.79. The highest BCUT2D eigenvalue weighted by molar-refractivity contribution is 5.80. The van der Waals surface area contributed by atoms with E-state index < -0.39 is 4.92 Å². The highest BCUT2D eigenvalue weighted by Crippen LogP contribution is 2.15. The van der Waals surface area contributed by atoms with E-state index in [2.05, 4.69) is 20.5 Å². The summed E-state index contributed by atoms with van der Waals surface area (Å²) in [7, 11) is 0. The number of nitrogens with zero attached hydrogens (tertiary/aromatic N) is 3. The van der Waals surface area contributed by atoms with E-state index in [9.17, 15) is 14.9 Å². The molecule has 0 bridgehead atoms. The van der Waals surface area contributed by atoms with Gasteiger partial charge in [0.05, 0.1) is 16.8 Å². The average molecular weight is 335 g/mol. The summed E-state index contributed by atoms with van der Waals surface area (Å²) in [5.74, 6) is 0.199. The van der Waals surface area contributed by atoms with E-state index in [0.29, 0.717) is 11.3 Å². The van der Waals surface area contributed by atoms with E-state index in [0.717, 1.165) is 5.56 Å². The van der Waals surface area contributed by atoms with Crippen molar-refractivity contribution in [1.82, 2.24) is 9.97 Å². The fraction of sp³-hybridized carbons (Fsp3) is 0. The molecule has 1 heterocycles. The number of nitro benzene ring substituents is 1. The molecule has 0 aliphatic rings. The third-order valence-corrected chi connectivity index (χ3v) is 3.30. The fourth-order valence-electron chi connectivity index (χ4n) is 2.12. The van der Waals surface area contributed by atoms with Gasteiger partial charge in [0.2, 0.25) is 5.95 Å². The van der Waals surface area contributed by atoms with Crippen LogP contribution in [-0.2, 0) is 0 Å². The van der Waals surface area contributed by atoms with Crippen molar-refractivity contribution in [2.24, 2.45) is 5.10 Å². The molecule has 8 heteroatoms. The number of benzene rings is 2. The van der Waals surface area contributed by atoms with E-state index in [1.54, 1.807) is 12.1 Å². The van der Waals surface area contributed by atoms with Gasteiger partial charge in [0.15, 0.2) is 0 Å². The Labute approximate surface area is 142 Å². The monoisotopic (exact) mass is 335 g/mol. The maximum Gasteiger partial charge on any atom is 0.269 e. The number of aromatic nitrogens is 2. The van der Waals surface area contributed by atoms with Gasteiger partial charge in [0, 0.05) is 23.8 Å². The lowest BCUT2D eigenvalue weighted by molar-refractivity contribution is -0.384. The lowest BCUT2D eigenvalue weighted by atomic mass is 10.1. The summed E-state index contributed by atoms with van der Waals surface area (Å²) in [6.45, 7) is 0. The van der Waals surface area contributed by atoms with Crippen LogP contribution in [0.4, 0.5) is 11.6 Å². The van der Waals surface area contributed by atoms with Crippen molar-refractivity contribution in [3.63, 3.8) is 0 Å². The molecule has 0 atom stereocenters. The highest BCUT2D eigenvalue weighted by Gasteiger charge is 2.04. The molecule has 0 unspecified atom stereocenters. The molecule has 124 valence electrons. The largest absolute Gasteiger partial charge is 0.291 e. The first-order chi connectivity index (χ1) is 12.1. The molecule has 0 amide bonds. The van der Waals surface area contributed by atoms with Crippen molar-refractivity contribution in [2.75, 3.05) is 5.43 Å². The van der Waals surface area contributed by atoms with Gasteiger partial charge in [-0.1, -0.05) is 30.3 Å². The second-order valence-electron chi connectivity index (χ2n) is 5.06. The Hall–Kier alpha value is -3.81. The quantitative estimate of drug-likeness (QED) is 0.423. The Morgan fingerprint density at radius 2 is 1.84 bits per heavy atom. The number of non-ortho nitro benzene ring substituents is 1. The molecule has 0 aliphatic carbocycles. The van der Waals surface area contributed by atoms with Gasteiger partial charge in [-0.2, -0.15) is 5.10 Å². The van der Waals surface area contributed by atoms with Gasteiger partial charge in [-0.25, -0.2) is 10.4 Å². The number of hydrogen-bond donors (Lipinski definition) is 2. The van der Waals surface area contributed by atoms with E-state index in [1.165, 1.54) is 24.4 Å². The van der Waals surface area contributed by atoms with Crippen LogP contribution < -0.4 is 11.0 Å². The minimum absolute atomic E-state index is 0.00617. The zero-order valence-corrected chi connectivity index (χ0v) is 12.9. The molecular formula is C17H13N5O3. The van der Waals surface area contributed by atoms with Crippen molar-refractivity contribution in [3.05, 3.63) is 86.7 Å². The molecule has 0 spiro atoms. The van der Waals surface area contributed by atoms with E-state index in [-0.39, 0.29) is 17.2 Å². The molecule has 0 fully saturated rings. The SMILES string of the molecule is O=c1cc(-c2ccccc2)nc(N/N=C/c2ccc([N+](=O)[O-])cc2)[nH]1. The topological polar surface area (TPSA) is 113 Å². The molecule has 8 nitrogen and oxygen atoms in total. The maximum absolute atomic E-state index is 11.8. The molecule has 25 heavy (non-hydrogen) atoms. The smallest absolute Gasteiger partial charge is 0.269 e. The summed E-state index contributed by atoms with van der Waals surface area (Å²) in [6, 6.07) is 16.6. The van der Waals surface area contributed by atoms with Crippen LogP contribution in [0.25, 0.3) is 11.3 Å². The van der Waals surface area contributed by atoms with E-state index in [4.69, 9.17) is 0 Å². The molecule has 1 aromatic heterocycles. The number of H-pyrrole nitrogens is 1. The second kappa shape index (κ2) is 7.18. The Bertz CT molecular complexity index is 966. The third-order valence-electron chi connectivity index (χ3n) is 3.30. The molecule has 0 saturated carbocycles. The summed E-state index contributed by atoms with van der Waals surface area (Å²) in [5, 5.41) is 14.6. The number of aromatic amines is 1. The maximum atomic E-state index is 11.8. The van der Waals surface area contributed by atoms with Crippen LogP contribution in [0.15, 0.2) is 70.6 Å². The van der Waals surface area contributed by atoms with E-state index >= 15 is 0 Å². The number of hydrazone groups is 1. The minimum Gasteiger partial charge on any atom is -0.291 e. The van der Waals surface area contributed by atoms with Crippen LogP contribution in [0.1, 0.15) is 5.56 Å². The van der Waals surface area contributed by atoms with Gasteiger partial charge in [-0.3, -0.25) is 19.9 Å². The normalized spacial score (nSPS) is 10.7. The van der Waals surface area contributed by atoms with Gasteiger partial charge < -0.3 is 0 Å². The van der Waals surface area contributed by atoms with Crippen LogP contribution >= 0.6 is 0 Å². The third kappa shape index (κ3) is 4.14. The van der Waals surface area contributed by atoms with Crippen molar-refractivity contribution in [1.29, 1.82) is 0 Å². The van der Waals surface area contributed by atoms with Crippen LogP contribution in [0, 0.1) is 10.1 Å². The summed E-state index contributed by atoms with van der Waals surface area (Å²) >= 11 is 0. The van der Waals surface area contributed by atoms with Crippen LogP contribution in [-0.4, -0.2) is 21.1 Å². The van der Waals surface area contributed by atoms with Crippen molar-refractivity contribution >= 4 is 17.9 Å². The molecule has 3 aromatic rings. The van der Waals surface area contributed by atoms with E-state index in [1.807, 2.05) is 30.3 Å². The standard InChI is InChI=1S/C17H13N5O3/c23-16-10-15(13-4-2-1-3-5-13)19-17(20-16)21-18-11-12-6-8-14(9-7-12)22(24)25/h1-11H,(H2,19,20,21,23)/b18-11+. The highest BCUT2D eigenvalue weighted by atomic mass is 16.6. The first-order valence-corrected chi connectivity index (χ1v) is 7.32. The van der Waals surface area contributed by atoms with Crippen molar-refractivity contribution < 1.29 is 4.92 Å². The van der Waals surface area contributed by atoms with Gasteiger partial charge in [0.1, 0.15) is 0 Å². The second-order valence-corrected chi connectivity index (χ2v) is 5.06. The Balaban J connectivity index is 1.76. The molecule has 2 aromatic carbocycles. The van der Waals surface area contributed by atoms with Gasteiger partial charge in [0.25, 0.3) is 11.2 Å². The molecule has 0 aliphatic heterocycles.